The zero-order valence-corrected chi connectivity index (χ0v) is 13.3. The molecule has 1 amide bonds. The van der Waals surface area contributed by atoms with Crippen LogP contribution in [0.5, 0.6) is 0 Å². The Labute approximate surface area is 134 Å². The van der Waals surface area contributed by atoms with Gasteiger partial charge < -0.3 is 10.4 Å². The number of amides is 1. The Bertz CT molecular complexity index is 728. The van der Waals surface area contributed by atoms with Gasteiger partial charge in [0.25, 0.3) is 5.91 Å². The van der Waals surface area contributed by atoms with Gasteiger partial charge >= 0.3 is 5.97 Å². The van der Waals surface area contributed by atoms with Crippen LogP contribution in [0, 0.1) is 6.92 Å². The highest BCUT2D eigenvalue weighted by Gasteiger charge is 2.16. The average Bonchev–Trinajstić information content (AvgIpc) is 2.84. The van der Waals surface area contributed by atoms with E-state index in [0.29, 0.717) is 17.2 Å². The number of nitrogens with zero attached hydrogens (tertiary/aromatic N) is 2. The van der Waals surface area contributed by atoms with E-state index in [1.54, 1.807) is 10.5 Å². The van der Waals surface area contributed by atoms with Gasteiger partial charge in [0.2, 0.25) is 0 Å². The van der Waals surface area contributed by atoms with Crippen molar-refractivity contribution in [2.24, 2.45) is 0 Å². The summed E-state index contributed by atoms with van der Waals surface area (Å²) in [6.07, 6.45) is 0.169. The minimum absolute atomic E-state index is 0.0645. The number of nitrogens with one attached hydrogen (secondary N) is 2. The number of aromatic nitrogens is 2. The number of carboxylic acid groups (broad SMARTS) is 1. The first-order valence-corrected chi connectivity index (χ1v) is 7.28. The second-order valence-electron chi connectivity index (χ2n) is 4.65. The van der Waals surface area contributed by atoms with E-state index in [4.69, 9.17) is 10.3 Å². The molecule has 0 aliphatic carbocycles. The van der Waals surface area contributed by atoms with E-state index in [0.717, 1.165) is 10.2 Å². The van der Waals surface area contributed by atoms with Crippen molar-refractivity contribution in [2.45, 2.75) is 19.8 Å². The number of aliphatic carboxylic acids is 1. The highest BCUT2D eigenvalue weighted by molar-refractivity contribution is 9.10. The minimum atomic E-state index is -0.922. The maximum absolute atomic E-state index is 11.2. The number of anilines is 1. The lowest BCUT2D eigenvalue weighted by atomic mass is 10.2. The number of hydrogen-bond acceptors (Lipinski definition) is 5. The quantitative estimate of drug-likeness (QED) is 0.450. The first kappa shape index (κ1) is 16.2. The predicted octanol–water partition coefficient (Wildman–Crippen LogP) is 1.34. The van der Waals surface area contributed by atoms with Crippen molar-refractivity contribution in [2.75, 3.05) is 11.9 Å². The Morgan fingerprint density at radius 2 is 2.14 bits per heavy atom. The molecule has 118 valence electrons. The van der Waals surface area contributed by atoms with E-state index in [9.17, 15) is 9.59 Å². The number of carbonyl (C=O) groups is 2. The van der Waals surface area contributed by atoms with E-state index in [-0.39, 0.29) is 19.4 Å². The van der Waals surface area contributed by atoms with Crippen LogP contribution in [0.1, 0.15) is 17.8 Å². The van der Waals surface area contributed by atoms with Crippen LogP contribution in [0.15, 0.2) is 16.6 Å². The molecule has 0 fully saturated rings. The molecule has 22 heavy (non-hydrogen) atoms. The minimum Gasteiger partial charge on any atom is -0.481 e. The third-order valence-corrected chi connectivity index (χ3v) is 3.99. The lowest BCUT2D eigenvalue weighted by molar-refractivity contribution is -0.137. The standard InChI is InChI=1S/C13H15BrN4O4/c1-7-8(14)2-4-10-16-9(3-5-12(20)21)13(18(7)10)15-6-11(19)17-22/h2,4,15,22H,3,5-6H2,1H3,(H,17,19)(H,20,21). The molecule has 9 heteroatoms. The van der Waals surface area contributed by atoms with Gasteiger partial charge in [-0.25, -0.2) is 10.5 Å². The van der Waals surface area contributed by atoms with Crippen molar-refractivity contribution in [3.8, 4) is 0 Å². The number of rotatable bonds is 6. The number of imidazole rings is 1. The summed E-state index contributed by atoms with van der Waals surface area (Å²) >= 11 is 3.43. The Morgan fingerprint density at radius 1 is 1.41 bits per heavy atom. The number of pyridine rings is 1. The Kier molecular flexibility index (Phi) is 4.99. The van der Waals surface area contributed by atoms with Crippen molar-refractivity contribution >= 4 is 39.3 Å². The van der Waals surface area contributed by atoms with Crippen molar-refractivity contribution in [1.29, 1.82) is 0 Å². The second kappa shape index (κ2) is 6.75. The number of fused-ring (bicyclic) bond motifs is 1. The van der Waals surface area contributed by atoms with Gasteiger partial charge in [0, 0.05) is 16.6 Å². The smallest absolute Gasteiger partial charge is 0.303 e. The normalized spacial score (nSPS) is 10.7. The fourth-order valence-corrected chi connectivity index (χ4v) is 2.41. The van der Waals surface area contributed by atoms with Crippen LogP contribution in [0.3, 0.4) is 0 Å². The Hall–Kier alpha value is -2.13. The summed E-state index contributed by atoms with van der Waals surface area (Å²) in [5, 5.41) is 20.3. The predicted molar refractivity (Wildman–Crippen MR) is 82.0 cm³/mol. The molecule has 8 nitrogen and oxygen atoms in total. The molecule has 0 saturated heterocycles. The molecule has 0 saturated carbocycles. The first-order valence-electron chi connectivity index (χ1n) is 6.49. The van der Waals surface area contributed by atoms with Crippen LogP contribution in [0.4, 0.5) is 5.82 Å². The zero-order chi connectivity index (χ0) is 16.3. The Balaban J connectivity index is 2.45. The number of aryl methyl sites for hydroxylation is 2. The van der Waals surface area contributed by atoms with Crippen molar-refractivity contribution in [3.05, 3.63) is 28.0 Å². The van der Waals surface area contributed by atoms with Crippen LogP contribution < -0.4 is 10.8 Å². The fraction of sp³-hybridized carbons (Fsp3) is 0.308. The molecule has 2 heterocycles. The van der Waals surface area contributed by atoms with Gasteiger partial charge in [-0.05, 0) is 35.0 Å². The molecule has 0 aliphatic rings. The van der Waals surface area contributed by atoms with E-state index in [1.165, 1.54) is 5.48 Å². The van der Waals surface area contributed by atoms with E-state index in [1.807, 2.05) is 13.0 Å². The van der Waals surface area contributed by atoms with E-state index < -0.39 is 11.9 Å². The lowest BCUT2D eigenvalue weighted by Gasteiger charge is -2.10. The molecular formula is C13H15BrN4O4. The number of halogens is 1. The van der Waals surface area contributed by atoms with Crippen LogP contribution in [-0.4, -0.2) is 38.1 Å². The highest BCUT2D eigenvalue weighted by Crippen LogP contribution is 2.25. The average molecular weight is 371 g/mol. The molecule has 0 aliphatic heterocycles. The van der Waals surface area contributed by atoms with Crippen molar-refractivity contribution in [3.63, 3.8) is 0 Å². The topological polar surface area (TPSA) is 116 Å². The summed E-state index contributed by atoms with van der Waals surface area (Å²) in [4.78, 5) is 26.4. The number of hydrogen-bond donors (Lipinski definition) is 4. The molecule has 2 aromatic heterocycles. The number of carbonyl (C=O) groups excluding carboxylic acids is 1. The molecule has 0 aromatic carbocycles. The largest absolute Gasteiger partial charge is 0.481 e. The molecule has 0 radical (unpaired) electrons. The third kappa shape index (κ3) is 3.37. The summed E-state index contributed by atoms with van der Waals surface area (Å²) in [5.41, 5.74) is 3.59. The SMILES string of the molecule is Cc1c(Br)ccc2nc(CCC(=O)O)c(NCC(=O)NO)n12. The van der Waals surface area contributed by atoms with Gasteiger partial charge in [-0.15, -0.1) is 0 Å². The lowest BCUT2D eigenvalue weighted by Crippen LogP contribution is -2.27. The third-order valence-electron chi connectivity index (χ3n) is 3.15. The Morgan fingerprint density at radius 3 is 2.77 bits per heavy atom. The molecule has 0 unspecified atom stereocenters. The van der Waals surface area contributed by atoms with Gasteiger partial charge in [-0.3, -0.25) is 19.2 Å². The molecule has 2 rings (SSSR count). The van der Waals surface area contributed by atoms with E-state index in [2.05, 4.69) is 26.2 Å². The molecule has 2 aromatic rings. The highest BCUT2D eigenvalue weighted by atomic mass is 79.9. The van der Waals surface area contributed by atoms with Crippen molar-refractivity contribution < 1.29 is 19.9 Å². The van der Waals surface area contributed by atoms with Crippen LogP contribution >= 0.6 is 15.9 Å². The van der Waals surface area contributed by atoms with Crippen molar-refractivity contribution in [1.82, 2.24) is 14.9 Å². The van der Waals surface area contributed by atoms with Crippen LogP contribution in [0.2, 0.25) is 0 Å². The van der Waals surface area contributed by atoms with E-state index >= 15 is 0 Å². The number of hydroxylamine groups is 1. The maximum Gasteiger partial charge on any atom is 0.303 e. The molecule has 0 atom stereocenters. The number of carboxylic acids is 1. The zero-order valence-electron chi connectivity index (χ0n) is 11.8. The van der Waals surface area contributed by atoms with Gasteiger partial charge in [-0.1, -0.05) is 0 Å². The summed E-state index contributed by atoms with van der Waals surface area (Å²) in [5.74, 6) is -0.987. The molecule has 0 bridgehead atoms. The molecule has 0 spiro atoms. The summed E-state index contributed by atoms with van der Waals surface area (Å²) in [6, 6.07) is 3.64. The molecular weight excluding hydrogens is 356 g/mol. The van der Waals surface area contributed by atoms with Gasteiger partial charge in [0.05, 0.1) is 18.7 Å². The first-order chi connectivity index (χ1) is 10.4. The summed E-state index contributed by atoms with van der Waals surface area (Å²) in [7, 11) is 0. The van der Waals surface area contributed by atoms with Gasteiger partial charge in [0.1, 0.15) is 11.5 Å². The fourth-order valence-electron chi connectivity index (χ4n) is 2.10. The summed E-state index contributed by atoms with van der Waals surface area (Å²) < 4.78 is 2.66. The van der Waals surface area contributed by atoms with Gasteiger partial charge in [-0.2, -0.15) is 0 Å². The van der Waals surface area contributed by atoms with Crippen LogP contribution in [-0.2, 0) is 16.0 Å². The maximum atomic E-state index is 11.2. The summed E-state index contributed by atoms with van der Waals surface area (Å²) in [6.45, 7) is 1.72. The molecule has 4 N–H and O–H groups in total. The monoisotopic (exact) mass is 370 g/mol. The second-order valence-corrected chi connectivity index (χ2v) is 5.50. The van der Waals surface area contributed by atoms with Gasteiger partial charge in [0.15, 0.2) is 0 Å². The van der Waals surface area contributed by atoms with Crippen LogP contribution in [0.25, 0.3) is 5.65 Å².